The van der Waals surface area contributed by atoms with Gasteiger partial charge in [0.15, 0.2) is 0 Å². The zero-order valence-corrected chi connectivity index (χ0v) is 13.0. The highest BCUT2D eigenvalue weighted by Gasteiger charge is 2.40. The summed E-state index contributed by atoms with van der Waals surface area (Å²) < 4.78 is 11.4. The normalized spacial score (nSPS) is 26.6. The Morgan fingerprint density at radius 3 is 2.57 bits per heavy atom. The van der Waals surface area contributed by atoms with Gasteiger partial charge in [-0.05, 0) is 24.0 Å². The SMILES string of the molecule is CCOC1=C(CN2CCOCC2)[C@@H](C)[C@H]1c1ccccc1. The maximum atomic E-state index is 5.99. The van der Waals surface area contributed by atoms with E-state index in [0.717, 1.165) is 39.5 Å². The van der Waals surface area contributed by atoms with Crippen molar-refractivity contribution in [1.29, 1.82) is 0 Å². The molecule has 21 heavy (non-hydrogen) atoms. The monoisotopic (exact) mass is 287 g/mol. The summed E-state index contributed by atoms with van der Waals surface area (Å²) >= 11 is 0. The molecule has 3 nitrogen and oxygen atoms in total. The highest BCUT2D eigenvalue weighted by molar-refractivity contribution is 5.41. The summed E-state index contributed by atoms with van der Waals surface area (Å²) in [6.45, 7) is 9.96. The average Bonchev–Trinajstić information content (AvgIpc) is 2.54. The quantitative estimate of drug-likeness (QED) is 0.831. The van der Waals surface area contributed by atoms with Crippen LogP contribution in [0, 0.1) is 5.92 Å². The van der Waals surface area contributed by atoms with Crippen LogP contribution < -0.4 is 0 Å². The molecule has 1 heterocycles. The second-order valence-corrected chi connectivity index (χ2v) is 5.89. The molecule has 0 aromatic heterocycles. The zero-order valence-electron chi connectivity index (χ0n) is 13.0. The first-order valence-corrected chi connectivity index (χ1v) is 8.02. The summed E-state index contributed by atoms with van der Waals surface area (Å²) in [7, 11) is 0. The third-order valence-corrected chi connectivity index (χ3v) is 4.60. The summed E-state index contributed by atoms with van der Waals surface area (Å²) in [5.41, 5.74) is 2.85. The third-order valence-electron chi connectivity index (χ3n) is 4.60. The minimum atomic E-state index is 0.433. The lowest BCUT2D eigenvalue weighted by Crippen LogP contribution is -2.42. The molecule has 3 rings (SSSR count). The summed E-state index contributed by atoms with van der Waals surface area (Å²) in [5.74, 6) is 2.21. The van der Waals surface area contributed by atoms with Gasteiger partial charge in [0.1, 0.15) is 5.76 Å². The minimum absolute atomic E-state index is 0.433. The Balaban J connectivity index is 1.78. The van der Waals surface area contributed by atoms with E-state index in [4.69, 9.17) is 9.47 Å². The van der Waals surface area contributed by atoms with E-state index in [0.29, 0.717) is 11.8 Å². The molecule has 0 unspecified atom stereocenters. The summed E-state index contributed by atoms with van der Waals surface area (Å²) in [4.78, 5) is 2.48. The van der Waals surface area contributed by atoms with E-state index in [1.807, 2.05) is 0 Å². The molecule has 1 saturated heterocycles. The fraction of sp³-hybridized carbons (Fsp3) is 0.556. The van der Waals surface area contributed by atoms with Gasteiger partial charge in [0, 0.05) is 25.6 Å². The van der Waals surface area contributed by atoms with E-state index in [2.05, 4.69) is 49.1 Å². The van der Waals surface area contributed by atoms with Crippen LogP contribution in [-0.4, -0.2) is 44.4 Å². The van der Waals surface area contributed by atoms with Crippen molar-refractivity contribution in [3.05, 3.63) is 47.2 Å². The number of ether oxygens (including phenoxy) is 2. The molecule has 1 aliphatic heterocycles. The molecular formula is C18H25NO2. The predicted molar refractivity (Wildman–Crippen MR) is 84.3 cm³/mol. The first-order valence-electron chi connectivity index (χ1n) is 8.02. The topological polar surface area (TPSA) is 21.7 Å². The number of benzene rings is 1. The van der Waals surface area contributed by atoms with Crippen LogP contribution in [0.15, 0.2) is 41.7 Å². The van der Waals surface area contributed by atoms with Crippen LogP contribution in [0.1, 0.15) is 25.3 Å². The number of allylic oxidation sites excluding steroid dienone is 1. The van der Waals surface area contributed by atoms with Gasteiger partial charge >= 0.3 is 0 Å². The molecular weight excluding hydrogens is 262 g/mol. The van der Waals surface area contributed by atoms with Crippen LogP contribution >= 0.6 is 0 Å². The lowest BCUT2D eigenvalue weighted by Gasteiger charge is -2.42. The van der Waals surface area contributed by atoms with Crippen LogP contribution in [-0.2, 0) is 9.47 Å². The molecule has 2 aliphatic rings. The first kappa shape index (κ1) is 14.6. The number of nitrogens with zero attached hydrogens (tertiary/aromatic N) is 1. The van der Waals surface area contributed by atoms with Crippen molar-refractivity contribution < 1.29 is 9.47 Å². The summed E-state index contributed by atoms with van der Waals surface area (Å²) in [5, 5.41) is 0. The third kappa shape index (κ3) is 2.99. The van der Waals surface area contributed by atoms with Crippen LogP contribution in [0.25, 0.3) is 0 Å². The maximum Gasteiger partial charge on any atom is 0.105 e. The van der Waals surface area contributed by atoms with Crippen LogP contribution in [0.4, 0.5) is 0 Å². The van der Waals surface area contributed by atoms with Crippen LogP contribution in [0.3, 0.4) is 0 Å². The van der Waals surface area contributed by atoms with E-state index < -0.39 is 0 Å². The zero-order chi connectivity index (χ0) is 14.7. The van der Waals surface area contributed by atoms with Crippen molar-refractivity contribution in [2.24, 2.45) is 5.92 Å². The number of morpholine rings is 1. The van der Waals surface area contributed by atoms with Gasteiger partial charge in [0.2, 0.25) is 0 Å². The second-order valence-electron chi connectivity index (χ2n) is 5.89. The molecule has 0 saturated carbocycles. The molecule has 1 fully saturated rings. The van der Waals surface area contributed by atoms with Gasteiger partial charge in [-0.15, -0.1) is 0 Å². The average molecular weight is 287 g/mol. The lowest BCUT2D eigenvalue weighted by atomic mass is 9.70. The molecule has 114 valence electrons. The molecule has 2 atom stereocenters. The lowest BCUT2D eigenvalue weighted by molar-refractivity contribution is 0.0378. The van der Waals surface area contributed by atoms with Crippen molar-refractivity contribution in [2.45, 2.75) is 19.8 Å². The number of hydrogen-bond acceptors (Lipinski definition) is 3. The van der Waals surface area contributed by atoms with Gasteiger partial charge < -0.3 is 9.47 Å². The van der Waals surface area contributed by atoms with E-state index in [-0.39, 0.29) is 0 Å². The van der Waals surface area contributed by atoms with Gasteiger partial charge in [-0.1, -0.05) is 37.3 Å². The maximum absolute atomic E-state index is 5.99. The van der Waals surface area contributed by atoms with Crippen molar-refractivity contribution in [3.63, 3.8) is 0 Å². The molecule has 0 bridgehead atoms. The van der Waals surface area contributed by atoms with E-state index in [9.17, 15) is 0 Å². The highest BCUT2D eigenvalue weighted by atomic mass is 16.5. The standard InChI is InChI=1S/C18H25NO2/c1-3-21-18-16(13-19-9-11-20-12-10-19)14(2)17(18)15-7-5-4-6-8-15/h4-8,14,17H,3,9-13H2,1-2H3/t14-,17+/m1/s1. The molecule has 0 amide bonds. The number of rotatable bonds is 5. The second kappa shape index (κ2) is 6.63. The summed E-state index contributed by atoms with van der Waals surface area (Å²) in [6.07, 6.45) is 0. The van der Waals surface area contributed by atoms with E-state index >= 15 is 0 Å². The number of hydrogen-bond donors (Lipinski definition) is 0. The predicted octanol–water partition coefficient (Wildman–Crippen LogP) is 3.04. The first-order chi connectivity index (χ1) is 10.3. The van der Waals surface area contributed by atoms with E-state index in [1.54, 1.807) is 0 Å². The Bertz CT molecular complexity index is 491. The Kier molecular flexibility index (Phi) is 4.61. The Morgan fingerprint density at radius 1 is 1.19 bits per heavy atom. The van der Waals surface area contributed by atoms with Crippen LogP contribution in [0.2, 0.25) is 0 Å². The Morgan fingerprint density at radius 2 is 1.90 bits per heavy atom. The largest absolute Gasteiger partial charge is 0.498 e. The van der Waals surface area contributed by atoms with Gasteiger partial charge in [-0.3, -0.25) is 4.90 Å². The molecule has 3 heteroatoms. The highest BCUT2D eigenvalue weighted by Crippen LogP contribution is 2.48. The Hall–Kier alpha value is -1.32. The van der Waals surface area contributed by atoms with Crippen molar-refractivity contribution in [2.75, 3.05) is 39.5 Å². The van der Waals surface area contributed by atoms with Gasteiger partial charge in [0.05, 0.1) is 19.8 Å². The minimum Gasteiger partial charge on any atom is -0.498 e. The smallest absolute Gasteiger partial charge is 0.105 e. The summed E-state index contributed by atoms with van der Waals surface area (Å²) in [6, 6.07) is 10.7. The molecule has 0 spiro atoms. The molecule has 1 aliphatic carbocycles. The van der Waals surface area contributed by atoms with Crippen LogP contribution in [0.5, 0.6) is 0 Å². The molecule has 0 N–H and O–H groups in total. The molecule has 1 aromatic rings. The van der Waals surface area contributed by atoms with Gasteiger partial charge in [0.25, 0.3) is 0 Å². The molecule has 1 aromatic carbocycles. The fourth-order valence-corrected chi connectivity index (χ4v) is 3.42. The Labute approximate surface area is 127 Å². The van der Waals surface area contributed by atoms with Gasteiger partial charge in [-0.25, -0.2) is 0 Å². The van der Waals surface area contributed by atoms with E-state index in [1.165, 1.54) is 16.9 Å². The van der Waals surface area contributed by atoms with Gasteiger partial charge in [-0.2, -0.15) is 0 Å². The van der Waals surface area contributed by atoms with Crippen molar-refractivity contribution in [1.82, 2.24) is 4.90 Å². The van der Waals surface area contributed by atoms with Crippen molar-refractivity contribution >= 4 is 0 Å². The molecule has 0 radical (unpaired) electrons. The fourth-order valence-electron chi connectivity index (χ4n) is 3.42. The van der Waals surface area contributed by atoms with Crippen molar-refractivity contribution in [3.8, 4) is 0 Å².